The number of sulfone groups is 1. The van der Waals surface area contributed by atoms with Crippen molar-refractivity contribution in [2.45, 2.75) is 38.7 Å². The number of hydrogen-bond donors (Lipinski definition) is 1. The standard InChI is InChI=1S/C19H23NO3S/c1-13-6-9-18(10-7-13)20-19(21)16(4)24(22,23)12-17-11-14(2)5-8-15(17)3/h5-11,16H,12H2,1-4H3,(H,20,21)/t16-/m0/s1. The van der Waals surface area contributed by atoms with E-state index in [1.54, 1.807) is 12.1 Å². The van der Waals surface area contributed by atoms with Crippen LogP contribution in [0.15, 0.2) is 42.5 Å². The Balaban J connectivity index is 2.14. The minimum absolute atomic E-state index is 0.136. The van der Waals surface area contributed by atoms with E-state index in [-0.39, 0.29) is 5.75 Å². The summed E-state index contributed by atoms with van der Waals surface area (Å²) in [6, 6.07) is 13.0. The first-order chi connectivity index (χ1) is 11.2. The van der Waals surface area contributed by atoms with Gasteiger partial charge in [-0.05, 0) is 51.0 Å². The number of hydrogen-bond acceptors (Lipinski definition) is 3. The predicted molar refractivity (Wildman–Crippen MR) is 97.8 cm³/mol. The maximum atomic E-state index is 12.6. The minimum atomic E-state index is -3.59. The van der Waals surface area contributed by atoms with Gasteiger partial charge in [-0.15, -0.1) is 0 Å². The van der Waals surface area contributed by atoms with Gasteiger partial charge in [0.2, 0.25) is 5.91 Å². The lowest BCUT2D eigenvalue weighted by Gasteiger charge is -2.15. The monoisotopic (exact) mass is 345 g/mol. The van der Waals surface area contributed by atoms with Crippen LogP contribution in [0.3, 0.4) is 0 Å². The Morgan fingerprint density at radius 3 is 2.21 bits per heavy atom. The predicted octanol–water partition coefficient (Wildman–Crippen LogP) is 3.55. The zero-order valence-corrected chi connectivity index (χ0v) is 15.3. The maximum Gasteiger partial charge on any atom is 0.242 e. The van der Waals surface area contributed by atoms with Crippen molar-refractivity contribution >= 4 is 21.4 Å². The second-order valence-electron chi connectivity index (χ2n) is 6.23. The summed E-state index contributed by atoms with van der Waals surface area (Å²) in [4.78, 5) is 12.3. The van der Waals surface area contributed by atoms with Crippen molar-refractivity contribution in [3.05, 3.63) is 64.7 Å². The van der Waals surface area contributed by atoms with Crippen molar-refractivity contribution in [1.82, 2.24) is 0 Å². The average Bonchev–Trinajstić information content (AvgIpc) is 2.52. The summed E-state index contributed by atoms with van der Waals surface area (Å²) in [5.41, 5.74) is 4.32. The second-order valence-corrected chi connectivity index (χ2v) is 8.56. The molecule has 1 atom stereocenters. The van der Waals surface area contributed by atoms with E-state index in [0.29, 0.717) is 5.69 Å². The molecule has 2 aromatic rings. The summed E-state index contributed by atoms with van der Waals surface area (Å²) < 4.78 is 25.2. The lowest BCUT2D eigenvalue weighted by Crippen LogP contribution is -2.33. The van der Waals surface area contributed by atoms with Gasteiger partial charge in [-0.2, -0.15) is 0 Å². The Kier molecular flexibility index (Phi) is 5.44. The molecule has 0 unspecified atom stereocenters. The first kappa shape index (κ1) is 18.2. The first-order valence-electron chi connectivity index (χ1n) is 7.84. The number of benzene rings is 2. The summed E-state index contributed by atoms with van der Waals surface area (Å²) in [6.45, 7) is 7.18. The molecule has 0 radical (unpaired) electrons. The van der Waals surface area contributed by atoms with E-state index >= 15 is 0 Å². The third kappa shape index (κ3) is 4.45. The molecule has 0 heterocycles. The maximum absolute atomic E-state index is 12.6. The number of anilines is 1. The Bertz CT molecular complexity index is 839. The highest BCUT2D eigenvalue weighted by atomic mass is 32.2. The Morgan fingerprint density at radius 1 is 1.00 bits per heavy atom. The highest BCUT2D eigenvalue weighted by Gasteiger charge is 2.28. The third-order valence-electron chi connectivity index (χ3n) is 4.09. The highest BCUT2D eigenvalue weighted by Crippen LogP contribution is 2.18. The van der Waals surface area contributed by atoms with Crippen molar-refractivity contribution in [2.75, 3.05) is 5.32 Å². The van der Waals surface area contributed by atoms with Gasteiger partial charge in [0.15, 0.2) is 9.84 Å². The molecule has 0 bridgehead atoms. The fourth-order valence-electron chi connectivity index (χ4n) is 2.34. The first-order valence-corrected chi connectivity index (χ1v) is 9.56. The second kappa shape index (κ2) is 7.18. The van der Waals surface area contributed by atoms with Crippen molar-refractivity contribution in [1.29, 1.82) is 0 Å². The molecule has 1 amide bonds. The van der Waals surface area contributed by atoms with Gasteiger partial charge in [0, 0.05) is 5.69 Å². The van der Waals surface area contributed by atoms with Crippen LogP contribution >= 0.6 is 0 Å². The molecule has 1 N–H and O–H groups in total. The molecular formula is C19H23NO3S. The fourth-order valence-corrected chi connectivity index (χ4v) is 3.72. The van der Waals surface area contributed by atoms with Gasteiger partial charge in [-0.1, -0.05) is 41.5 Å². The summed E-state index contributed by atoms with van der Waals surface area (Å²) in [6.07, 6.45) is 0. The molecule has 0 saturated heterocycles. The van der Waals surface area contributed by atoms with Crippen molar-refractivity contribution in [3.8, 4) is 0 Å². The molecule has 128 valence electrons. The molecule has 24 heavy (non-hydrogen) atoms. The molecule has 0 aliphatic carbocycles. The average molecular weight is 345 g/mol. The molecule has 0 spiro atoms. The molecule has 0 aromatic heterocycles. The van der Waals surface area contributed by atoms with E-state index in [1.165, 1.54) is 6.92 Å². The molecule has 2 rings (SSSR count). The van der Waals surface area contributed by atoms with Crippen LogP contribution in [0.25, 0.3) is 0 Å². The summed E-state index contributed by atoms with van der Waals surface area (Å²) >= 11 is 0. The molecule has 2 aromatic carbocycles. The quantitative estimate of drug-likeness (QED) is 0.901. The van der Waals surface area contributed by atoms with Gasteiger partial charge >= 0.3 is 0 Å². The lowest BCUT2D eigenvalue weighted by molar-refractivity contribution is -0.115. The van der Waals surface area contributed by atoms with E-state index < -0.39 is 21.0 Å². The van der Waals surface area contributed by atoms with Crippen LogP contribution in [0.2, 0.25) is 0 Å². The largest absolute Gasteiger partial charge is 0.325 e. The van der Waals surface area contributed by atoms with Crippen molar-refractivity contribution in [3.63, 3.8) is 0 Å². The molecule has 0 fully saturated rings. The Labute approximate surface area is 143 Å². The van der Waals surface area contributed by atoms with E-state index in [9.17, 15) is 13.2 Å². The summed E-state index contributed by atoms with van der Waals surface area (Å²) in [7, 11) is -3.59. The Morgan fingerprint density at radius 2 is 1.58 bits per heavy atom. The van der Waals surface area contributed by atoms with Crippen LogP contribution in [-0.4, -0.2) is 19.6 Å². The normalized spacial score (nSPS) is 12.7. The van der Waals surface area contributed by atoms with E-state index in [2.05, 4.69) is 5.32 Å². The lowest BCUT2D eigenvalue weighted by atomic mass is 10.1. The van der Waals surface area contributed by atoms with Crippen LogP contribution in [-0.2, 0) is 20.4 Å². The van der Waals surface area contributed by atoms with Gasteiger partial charge in [0.1, 0.15) is 5.25 Å². The van der Waals surface area contributed by atoms with Gasteiger partial charge < -0.3 is 5.32 Å². The summed E-state index contributed by atoms with van der Waals surface area (Å²) in [5, 5.41) is 1.56. The van der Waals surface area contributed by atoms with E-state index in [1.807, 2.05) is 51.1 Å². The van der Waals surface area contributed by atoms with Gasteiger partial charge in [0.25, 0.3) is 0 Å². The fraction of sp³-hybridized carbons (Fsp3) is 0.316. The van der Waals surface area contributed by atoms with E-state index in [4.69, 9.17) is 0 Å². The minimum Gasteiger partial charge on any atom is -0.325 e. The smallest absolute Gasteiger partial charge is 0.242 e. The highest BCUT2D eigenvalue weighted by molar-refractivity contribution is 7.92. The van der Waals surface area contributed by atoms with Crippen LogP contribution in [0.1, 0.15) is 29.2 Å². The Hall–Kier alpha value is -2.14. The topological polar surface area (TPSA) is 63.2 Å². The van der Waals surface area contributed by atoms with Crippen LogP contribution in [0, 0.1) is 20.8 Å². The zero-order valence-electron chi connectivity index (χ0n) is 14.5. The zero-order chi connectivity index (χ0) is 17.9. The third-order valence-corrected chi connectivity index (χ3v) is 6.09. The molecular weight excluding hydrogens is 322 g/mol. The SMILES string of the molecule is Cc1ccc(NC(=O)[C@H](C)S(=O)(=O)Cc2cc(C)ccc2C)cc1. The van der Waals surface area contributed by atoms with Crippen molar-refractivity contribution < 1.29 is 13.2 Å². The van der Waals surface area contributed by atoms with Gasteiger partial charge in [-0.3, -0.25) is 4.79 Å². The van der Waals surface area contributed by atoms with Gasteiger partial charge in [0.05, 0.1) is 5.75 Å². The molecule has 0 aliphatic rings. The van der Waals surface area contributed by atoms with Crippen LogP contribution in [0.5, 0.6) is 0 Å². The summed E-state index contributed by atoms with van der Waals surface area (Å²) in [5.74, 6) is -0.646. The van der Waals surface area contributed by atoms with Crippen LogP contribution < -0.4 is 5.32 Å². The molecule has 0 saturated carbocycles. The molecule has 4 nitrogen and oxygen atoms in total. The molecule has 0 aliphatic heterocycles. The molecule has 5 heteroatoms. The number of aryl methyl sites for hydroxylation is 3. The van der Waals surface area contributed by atoms with Crippen LogP contribution in [0.4, 0.5) is 5.69 Å². The van der Waals surface area contributed by atoms with Gasteiger partial charge in [-0.25, -0.2) is 8.42 Å². The number of carbonyl (C=O) groups is 1. The number of rotatable bonds is 5. The van der Waals surface area contributed by atoms with E-state index in [0.717, 1.165) is 22.3 Å². The van der Waals surface area contributed by atoms with Crippen molar-refractivity contribution in [2.24, 2.45) is 0 Å². The number of amides is 1. The number of nitrogens with one attached hydrogen (secondary N) is 1. The number of carbonyl (C=O) groups excluding carboxylic acids is 1.